The summed E-state index contributed by atoms with van der Waals surface area (Å²) in [5, 5.41) is 0. The number of unbranched alkanes of at least 4 members (excludes halogenated alkanes) is 1. The number of hydrogen-bond donors (Lipinski definition) is 0. The van der Waals surface area contributed by atoms with Crippen LogP contribution in [0.1, 0.15) is 66.2 Å². The van der Waals surface area contributed by atoms with Crippen molar-refractivity contribution < 1.29 is 9.53 Å². The van der Waals surface area contributed by atoms with Crippen LogP contribution < -0.4 is 0 Å². The zero-order valence-electron chi connectivity index (χ0n) is 13.2. The average Bonchev–Trinajstić information content (AvgIpc) is 2.26. The maximum absolute atomic E-state index is 11.1. The number of rotatable bonds is 10. The van der Waals surface area contributed by atoms with E-state index in [1.807, 2.05) is 19.9 Å². The van der Waals surface area contributed by atoms with Gasteiger partial charge in [-0.25, -0.2) is 4.79 Å². The van der Waals surface area contributed by atoms with E-state index in [-0.39, 0.29) is 15.7 Å². The van der Waals surface area contributed by atoms with E-state index < -0.39 is 0 Å². The minimum atomic E-state index is -0.273. The van der Waals surface area contributed by atoms with Crippen molar-refractivity contribution in [2.75, 3.05) is 6.61 Å². The molecule has 1 atom stereocenters. The highest BCUT2D eigenvalue weighted by atomic mass is 35.5. The van der Waals surface area contributed by atoms with Crippen LogP contribution in [-0.4, -0.2) is 22.3 Å². The molecule has 0 spiro atoms. The molecule has 0 saturated heterocycles. The van der Waals surface area contributed by atoms with Crippen LogP contribution in [-0.2, 0) is 9.53 Å². The van der Waals surface area contributed by atoms with Gasteiger partial charge >= 0.3 is 5.97 Å². The largest absolute Gasteiger partial charge is 0.463 e. The normalized spacial score (nSPS) is 15.3. The molecular formula is C16H28Cl2O2. The lowest BCUT2D eigenvalue weighted by Crippen LogP contribution is -2.18. The zero-order chi connectivity index (χ0) is 15.6. The molecule has 0 aliphatic heterocycles. The number of carbonyl (C=O) groups excluding carboxylic acids is 1. The molecule has 1 unspecified atom stereocenters. The molecule has 0 aromatic rings. The molecule has 0 radical (unpaired) electrons. The minimum absolute atomic E-state index is 0.144. The third kappa shape index (κ3) is 12.8. The Morgan fingerprint density at radius 3 is 2.25 bits per heavy atom. The van der Waals surface area contributed by atoms with Crippen molar-refractivity contribution in [3.05, 3.63) is 12.2 Å². The predicted molar refractivity (Wildman–Crippen MR) is 87.7 cm³/mol. The number of halogens is 2. The van der Waals surface area contributed by atoms with E-state index >= 15 is 0 Å². The van der Waals surface area contributed by atoms with Crippen LogP contribution in [0.25, 0.3) is 0 Å². The van der Waals surface area contributed by atoms with Gasteiger partial charge in [-0.05, 0) is 66.2 Å². The van der Waals surface area contributed by atoms with Crippen molar-refractivity contribution in [2.45, 2.75) is 76.0 Å². The predicted octanol–water partition coefficient (Wildman–Crippen LogP) is 5.46. The molecule has 0 aromatic heterocycles. The van der Waals surface area contributed by atoms with E-state index in [1.165, 1.54) is 6.08 Å². The van der Waals surface area contributed by atoms with E-state index in [4.69, 9.17) is 27.9 Å². The van der Waals surface area contributed by atoms with Gasteiger partial charge in [-0.3, -0.25) is 0 Å². The first-order valence-corrected chi connectivity index (χ1v) is 8.13. The summed E-state index contributed by atoms with van der Waals surface area (Å²) in [6, 6.07) is 0. The molecule has 0 fully saturated rings. The minimum Gasteiger partial charge on any atom is -0.463 e. The third-order valence-electron chi connectivity index (χ3n) is 3.08. The molecule has 0 rings (SSSR count). The molecule has 20 heavy (non-hydrogen) atoms. The van der Waals surface area contributed by atoms with E-state index in [1.54, 1.807) is 6.92 Å². The highest BCUT2D eigenvalue weighted by Gasteiger charge is 2.21. The second-order valence-electron chi connectivity index (χ2n) is 6.03. The number of esters is 1. The SMILES string of the molecule is CCOC(=O)/C=C/CCCC(C)(Cl)CCCC(C)(C)Cl. The quantitative estimate of drug-likeness (QED) is 0.231. The topological polar surface area (TPSA) is 26.3 Å². The number of alkyl halides is 2. The standard InChI is InChI=1S/C16H28Cl2O2/c1-5-20-14(19)10-7-6-8-12-16(4,18)13-9-11-15(2,3)17/h7,10H,5-6,8-9,11-13H2,1-4H3/b10-7+. The summed E-state index contributed by atoms with van der Waals surface area (Å²) < 4.78 is 4.81. The monoisotopic (exact) mass is 322 g/mol. The van der Waals surface area contributed by atoms with Gasteiger partial charge in [-0.1, -0.05) is 6.08 Å². The molecule has 0 aliphatic carbocycles. The molecule has 0 amide bonds. The Bertz CT molecular complexity index is 304. The lowest BCUT2D eigenvalue weighted by molar-refractivity contribution is -0.137. The van der Waals surface area contributed by atoms with E-state index in [0.717, 1.165) is 38.5 Å². The first-order valence-electron chi connectivity index (χ1n) is 7.37. The molecule has 0 aromatic carbocycles. The maximum Gasteiger partial charge on any atom is 0.330 e. The molecular weight excluding hydrogens is 295 g/mol. The van der Waals surface area contributed by atoms with Crippen molar-refractivity contribution in [1.82, 2.24) is 0 Å². The van der Waals surface area contributed by atoms with Gasteiger partial charge in [0.15, 0.2) is 0 Å². The van der Waals surface area contributed by atoms with Crippen LogP contribution in [0, 0.1) is 0 Å². The van der Waals surface area contributed by atoms with Gasteiger partial charge in [0, 0.05) is 15.8 Å². The highest BCUT2D eigenvalue weighted by molar-refractivity contribution is 6.24. The first kappa shape index (κ1) is 19.8. The number of carbonyl (C=O) groups is 1. The molecule has 0 N–H and O–H groups in total. The van der Waals surface area contributed by atoms with Crippen LogP contribution in [0.2, 0.25) is 0 Å². The van der Waals surface area contributed by atoms with Crippen molar-refractivity contribution in [3.8, 4) is 0 Å². The summed E-state index contributed by atoms with van der Waals surface area (Å²) in [5.74, 6) is -0.273. The Morgan fingerprint density at radius 1 is 1.10 bits per heavy atom. The highest BCUT2D eigenvalue weighted by Crippen LogP contribution is 2.30. The van der Waals surface area contributed by atoms with Gasteiger partial charge in [0.25, 0.3) is 0 Å². The molecule has 0 heterocycles. The molecule has 2 nitrogen and oxygen atoms in total. The van der Waals surface area contributed by atoms with E-state index in [0.29, 0.717) is 6.61 Å². The Morgan fingerprint density at radius 2 is 1.70 bits per heavy atom. The Kier molecular flexibility index (Phi) is 9.58. The first-order chi connectivity index (χ1) is 9.16. The number of hydrogen-bond acceptors (Lipinski definition) is 2. The Labute approximate surface area is 133 Å². The van der Waals surface area contributed by atoms with Crippen LogP contribution in [0.5, 0.6) is 0 Å². The number of ether oxygens (including phenoxy) is 1. The van der Waals surface area contributed by atoms with Crippen molar-refractivity contribution in [2.24, 2.45) is 0 Å². The van der Waals surface area contributed by atoms with Crippen LogP contribution >= 0.6 is 23.2 Å². The second kappa shape index (κ2) is 9.68. The van der Waals surface area contributed by atoms with E-state index in [9.17, 15) is 4.79 Å². The van der Waals surface area contributed by atoms with Crippen LogP contribution in [0.3, 0.4) is 0 Å². The molecule has 0 bridgehead atoms. The summed E-state index contributed by atoms with van der Waals surface area (Å²) in [4.78, 5) is 10.8. The fourth-order valence-corrected chi connectivity index (χ4v) is 2.36. The smallest absolute Gasteiger partial charge is 0.330 e. The third-order valence-corrected chi connectivity index (χ3v) is 3.65. The fourth-order valence-electron chi connectivity index (χ4n) is 1.96. The second-order valence-corrected chi connectivity index (χ2v) is 7.97. The number of allylic oxidation sites excluding steroid dienone is 1. The van der Waals surface area contributed by atoms with Crippen LogP contribution in [0.15, 0.2) is 12.2 Å². The van der Waals surface area contributed by atoms with Gasteiger partial charge < -0.3 is 4.74 Å². The lowest BCUT2D eigenvalue weighted by Gasteiger charge is -2.23. The molecule has 4 heteroatoms. The summed E-state index contributed by atoms with van der Waals surface area (Å²) in [5.41, 5.74) is 0. The summed E-state index contributed by atoms with van der Waals surface area (Å²) >= 11 is 12.7. The van der Waals surface area contributed by atoms with Gasteiger partial charge in [0.1, 0.15) is 0 Å². The van der Waals surface area contributed by atoms with Crippen LogP contribution in [0.4, 0.5) is 0 Å². The summed E-state index contributed by atoms with van der Waals surface area (Å²) in [6.07, 6.45) is 9.08. The summed E-state index contributed by atoms with van der Waals surface area (Å²) in [7, 11) is 0. The Hall–Kier alpha value is -0.210. The van der Waals surface area contributed by atoms with Crippen molar-refractivity contribution in [1.29, 1.82) is 0 Å². The van der Waals surface area contributed by atoms with E-state index in [2.05, 4.69) is 6.92 Å². The van der Waals surface area contributed by atoms with Crippen molar-refractivity contribution >= 4 is 29.2 Å². The summed E-state index contributed by atoms with van der Waals surface area (Å²) in [6.45, 7) is 8.35. The molecule has 0 saturated carbocycles. The zero-order valence-corrected chi connectivity index (χ0v) is 14.7. The average molecular weight is 323 g/mol. The lowest BCUT2D eigenvalue weighted by atomic mass is 9.94. The van der Waals surface area contributed by atoms with Gasteiger partial charge in [0.2, 0.25) is 0 Å². The fraction of sp³-hybridized carbons (Fsp3) is 0.812. The van der Waals surface area contributed by atoms with Crippen molar-refractivity contribution in [3.63, 3.8) is 0 Å². The maximum atomic E-state index is 11.1. The molecule has 118 valence electrons. The van der Waals surface area contributed by atoms with Gasteiger partial charge in [-0.2, -0.15) is 0 Å². The molecule has 0 aliphatic rings. The van der Waals surface area contributed by atoms with Gasteiger partial charge in [-0.15, -0.1) is 23.2 Å². The Balaban J connectivity index is 3.79. The van der Waals surface area contributed by atoms with Gasteiger partial charge in [0.05, 0.1) is 6.61 Å².